The van der Waals surface area contributed by atoms with Crippen LogP contribution < -0.4 is 5.32 Å². The first-order valence-electron chi connectivity index (χ1n) is 8.97. The van der Waals surface area contributed by atoms with E-state index in [1.807, 2.05) is 4.90 Å². The van der Waals surface area contributed by atoms with E-state index in [9.17, 15) is 18.0 Å². The Kier molecular flexibility index (Phi) is 6.34. The number of halogens is 3. The van der Waals surface area contributed by atoms with E-state index in [2.05, 4.69) is 17.1 Å². The Balaban J connectivity index is 2.20. The van der Waals surface area contributed by atoms with Gasteiger partial charge in [-0.1, -0.05) is 13.0 Å². The number of carbonyl (C=O) groups excluding carboxylic acids is 1. The third-order valence-corrected chi connectivity index (χ3v) is 4.47. The number of nitrogens with one attached hydrogen (secondary N) is 1. The summed E-state index contributed by atoms with van der Waals surface area (Å²) < 4.78 is 40.6. The van der Waals surface area contributed by atoms with Crippen molar-refractivity contribution >= 4 is 5.91 Å². The monoisotopic (exact) mass is 371 g/mol. The average Bonchev–Trinajstić information content (AvgIpc) is 2.53. The van der Waals surface area contributed by atoms with Crippen LogP contribution in [0.4, 0.5) is 13.2 Å². The summed E-state index contributed by atoms with van der Waals surface area (Å²) in [5.74, 6) is -0.494. The van der Waals surface area contributed by atoms with E-state index in [0.29, 0.717) is 0 Å². The second-order valence-corrected chi connectivity index (χ2v) is 7.78. The molecule has 146 valence electrons. The van der Waals surface area contributed by atoms with E-state index in [4.69, 9.17) is 0 Å². The number of benzene rings is 1. The standard InChI is InChI=1S/C19H28F3N3O/c1-5-24-8-10-25(11-9-24)13-15-7-6-14(12-16(15)19(20,21)22)17(26)23-18(2,3)4/h6-7,12H,5,8-11,13H2,1-4H3,(H,23,26). The maximum Gasteiger partial charge on any atom is 0.416 e. The van der Waals surface area contributed by atoms with Gasteiger partial charge in [-0.2, -0.15) is 13.2 Å². The Morgan fingerprint density at radius 3 is 2.15 bits per heavy atom. The van der Waals surface area contributed by atoms with Gasteiger partial charge in [-0.15, -0.1) is 0 Å². The fraction of sp³-hybridized carbons (Fsp3) is 0.632. The van der Waals surface area contributed by atoms with E-state index in [1.54, 1.807) is 20.8 Å². The first-order valence-corrected chi connectivity index (χ1v) is 8.97. The molecule has 7 heteroatoms. The molecule has 0 bridgehead atoms. The van der Waals surface area contributed by atoms with E-state index >= 15 is 0 Å². The van der Waals surface area contributed by atoms with Gasteiger partial charge in [0, 0.05) is 43.8 Å². The van der Waals surface area contributed by atoms with Crippen LogP contribution in [0.2, 0.25) is 0 Å². The molecule has 0 aromatic heterocycles. The summed E-state index contributed by atoms with van der Waals surface area (Å²) in [6.45, 7) is 11.9. The fourth-order valence-corrected chi connectivity index (χ4v) is 3.04. The van der Waals surface area contributed by atoms with Crippen molar-refractivity contribution in [2.45, 2.75) is 46.0 Å². The van der Waals surface area contributed by atoms with Crippen LogP contribution in [0.5, 0.6) is 0 Å². The highest BCUT2D eigenvalue weighted by Gasteiger charge is 2.35. The number of alkyl halides is 3. The summed E-state index contributed by atoms with van der Waals surface area (Å²) >= 11 is 0. The van der Waals surface area contributed by atoms with Gasteiger partial charge in [0.25, 0.3) is 5.91 Å². The molecule has 1 amide bonds. The van der Waals surface area contributed by atoms with Gasteiger partial charge in [-0.3, -0.25) is 9.69 Å². The normalized spacial score (nSPS) is 17.3. The molecule has 0 radical (unpaired) electrons. The van der Waals surface area contributed by atoms with Crippen LogP contribution in [-0.2, 0) is 12.7 Å². The summed E-state index contributed by atoms with van der Waals surface area (Å²) in [6, 6.07) is 3.89. The molecule has 0 aliphatic carbocycles. The van der Waals surface area contributed by atoms with E-state index in [1.165, 1.54) is 12.1 Å². The maximum atomic E-state index is 13.5. The molecule has 1 aliphatic rings. The van der Waals surface area contributed by atoms with E-state index in [0.717, 1.165) is 38.8 Å². The molecule has 1 aliphatic heterocycles. The number of amides is 1. The third kappa shape index (κ3) is 5.71. The van der Waals surface area contributed by atoms with Crippen molar-refractivity contribution in [1.29, 1.82) is 0 Å². The number of hydrogen-bond acceptors (Lipinski definition) is 3. The molecule has 2 rings (SSSR count). The molecule has 1 saturated heterocycles. The first-order chi connectivity index (χ1) is 12.0. The first kappa shape index (κ1) is 20.7. The lowest BCUT2D eigenvalue weighted by Gasteiger charge is -2.34. The molecule has 0 atom stereocenters. The maximum absolute atomic E-state index is 13.5. The van der Waals surface area contributed by atoms with Crippen LogP contribution in [0.25, 0.3) is 0 Å². The quantitative estimate of drug-likeness (QED) is 0.882. The molecule has 0 spiro atoms. The van der Waals surface area contributed by atoms with Crippen LogP contribution in [0, 0.1) is 0 Å². The lowest BCUT2D eigenvalue weighted by Crippen LogP contribution is -2.45. The zero-order valence-electron chi connectivity index (χ0n) is 15.9. The molecule has 1 aromatic rings. The topological polar surface area (TPSA) is 35.6 Å². The van der Waals surface area contributed by atoms with Crippen molar-refractivity contribution in [3.05, 3.63) is 34.9 Å². The summed E-state index contributed by atoms with van der Waals surface area (Å²) in [6.07, 6.45) is -4.49. The van der Waals surface area contributed by atoms with Gasteiger partial charge < -0.3 is 10.2 Å². The minimum absolute atomic E-state index is 0.0341. The summed E-state index contributed by atoms with van der Waals surface area (Å²) in [5, 5.41) is 2.70. The molecule has 26 heavy (non-hydrogen) atoms. The second kappa shape index (κ2) is 7.96. The predicted molar refractivity (Wildman–Crippen MR) is 96.1 cm³/mol. The van der Waals surface area contributed by atoms with Crippen molar-refractivity contribution in [1.82, 2.24) is 15.1 Å². The Morgan fingerprint density at radius 2 is 1.65 bits per heavy atom. The zero-order valence-corrected chi connectivity index (χ0v) is 15.9. The van der Waals surface area contributed by atoms with Gasteiger partial charge in [0.15, 0.2) is 0 Å². The summed E-state index contributed by atoms with van der Waals surface area (Å²) in [4.78, 5) is 16.5. The van der Waals surface area contributed by atoms with Gasteiger partial charge in [0.1, 0.15) is 0 Å². The molecule has 1 heterocycles. The van der Waals surface area contributed by atoms with Crippen LogP contribution >= 0.6 is 0 Å². The lowest BCUT2D eigenvalue weighted by atomic mass is 10.0. The molecule has 0 unspecified atom stereocenters. The number of carbonyl (C=O) groups is 1. The van der Waals surface area contributed by atoms with Crippen molar-refractivity contribution < 1.29 is 18.0 Å². The number of likely N-dealkylation sites (N-methyl/N-ethyl adjacent to an activating group) is 1. The number of piperazine rings is 1. The van der Waals surface area contributed by atoms with Crippen molar-refractivity contribution in [3.8, 4) is 0 Å². The number of hydrogen-bond donors (Lipinski definition) is 1. The molecule has 0 saturated carbocycles. The van der Waals surface area contributed by atoms with Gasteiger partial charge >= 0.3 is 6.18 Å². The van der Waals surface area contributed by atoms with Crippen LogP contribution in [0.15, 0.2) is 18.2 Å². The molecule has 1 aromatic carbocycles. The minimum Gasteiger partial charge on any atom is -0.347 e. The van der Waals surface area contributed by atoms with Crippen molar-refractivity contribution in [2.75, 3.05) is 32.7 Å². The summed E-state index contributed by atoms with van der Waals surface area (Å²) in [7, 11) is 0. The molecule has 4 nitrogen and oxygen atoms in total. The van der Waals surface area contributed by atoms with Crippen LogP contribution in [0.1, 0.15) is 49.2 Å². The Labute approximate surface area is 153 Å². The Morgan fingerprint density at radius 1 is 1.08 bits per heavy atom. The van der Waals surface area contributed by atoms with E-state index < -0.39 is 23.2 Å². The number of rotatable bonds is 4. The SMILES string of the molecule is CCN1CCN(Cc2ccc(C(=O)NC(C)(C)C)cc2C(F)(F)F)CC1. The lowest BCUT2D eigenvalue weighted by molar-refractivity contribution is -0.138. The summed E-state index contributed by atoms with van der Waals surface area (Å²) in [5.41, 5.74) is -0.980. The van der Waals surface area contributed by atoms with Crippen LogP contribution in [0.3, 0.4) is 0 Å². The van der Waals surface area contributed by atoms with Crippen LogP contribution in [-0.4, -0.2) is 54.0 Å². The highest BCUT2D eigenvalue weighted by Crippen LogP contribution is 2.33. The highest BCUT2D eigenvalue weighted by atomic mass is 19.4. The van der Waals surface area contributed by atoms with Gasteiger partial charge in [0.05, 0.1) is 5.56 Å². The smallest absolute Gasteiger partial charge is 0.347 e. The molecular weight excluding hydrogens is 343 g/mol. The number of nitrogens with zero attached hydrogens (tertiary/aromatic N) is 2. The van der Waals surface area contributed by atoms with Crippen molar-refractivity contribution in [3.63, 3.8) is 0 Å². The van der Waals surface area contributed by atoms with Gasteiger partial charge in [-0.25, -0.2) is 0 Å². The zero-order chi connectivity index (χ0) is 19.5. The van der Waals surface area contributed by atoms with Gasteiger partial charge in [0.2, 0.25) is 0 Å². The van der Waals surface area contributed by atoms with Gasteiger partial charge in [-0.05, 0) is 45.0 Å². The predicted octanol–water partition coefficient (Wildman–Crippen LogP) is 3.37. The second-order valence-electron chi connectivity index (χ2n) is 7.78. The molecular formula is C19H28F3N3O. The fourth-order valence-electron chi connectivity index (χ4n) is 3.04. The minimum atomic E-state index is -4.49. The van der Waals surface area contributed by atoms with Crippen molar-refractivity contribution in [2.24, 2.45) is 0 Å². The molecule has 1 N–H and O–H groups in total. The average molecular weight is 371 g/mol. The highest BCUT2D eigenvalue weighted by molar-refractivity contribution is 5.95. The Bertz CT molecular complexity index is 630. The molecule has 1 fully saturated rings. The Hall–Kier alpha value is -1.60. The van der Waals surface area contributed by atoms with E-state index in [-0.39, 0.29) is 17.7 Å². The third-order valence-electron chi connectivity index (χ3n) is 4.47. The largest absolute Gasteiger partial charge is 0.416 e.